The van der Waals surface area contributed by atoms with Gasteiger partial charge >= 0.3 is 5.97 Å². The van der Waals surface area contributed by atoms with Crippen molar-refractivity contribution in [2.24, 2.45) is 5.92 Å². The number of amides is 1. The number of piperidine rings is 1. The quantitative estimate of drug-likeness (QED) is 0.340. The first-order valence-corrected chi connectivity index (χ1v) is 13.6. The summed E-state index contributed by atoms with van der Waals surface area (Å²) in [4.78, 5) is 38.7. The largest absolute Gasteiger partial charge is 0.481 e. The molecule has 4 heterocycles. The first-order chi connectivity index (χ1) is 17.1. The maximum absolute atomic E-state index is 14.9. The maximum atomic E-state index is 14.9. The molecule has 200 valence electrons. The molecule has 1 aliphatic rings. The predicted molar refractivity (Wildman–Crippen MR) is 149 cm³/mol. The summed E-state index contributed by atoms with van der Waals surface area (Å²) in [6.45, 7) is 5.65. The van der Waals surface area contributed by atoms with E-state index in [0.29, 0.717) is 48.7 Å². The van der Waals surface area contributed by atoms with Gasteiger partial charge in [-0.3, -0.25) is 19.8 Å². The minimum Gasteiger partial charge on any atom is -0.481 e. The van der Waals surface area contributed by atoms with Gasteiger partial charge in [-0.25, -0.2) is 14.4 Å². The van der Waals surface area contributed by atoms with Crippen molar-refractivity contribution in [3.8, 4) is 10.6 Å². The van der Waals surface area contributed by atoms with Gasteiger partial charge in [0.15, 0.2) is 16.8 Å². The van der Waals surface area contributed by atoms with Crippen LogP contribution in [0.25, 0.3) is 10.6 Å². The fourth-order valence-corrected chi connectivity index (χ4v) is 6.04. The normalized spacial score (nSPS) is 14.2. The Labute approximate surface area is 233 Å². The van der Waals surface area contributed by atoms with E-state index in [1.54, 1.807) is 4.90 Å². The molecule has 0 saturated carbocycles. The lowest BCUT2D eigenvalue weighted by atomic mass is 9.97. The second-order valence-electron chi connectivity index (χ2n) is 9.01. The van der Waals surface area contributed by atoms with Gasteiger partial charge in [0.2, 0.25) is 0 Å². The van der Waals surface area contributed by atoms with Crippen molar-refractivity contribution < 1.29 is 19.1 Å². The number of anilines is 2. The summed E-state index contributed by atoms with van der Waals surface area (Å²) in [6.07, 6.45) is 2.18. The molecule has 0 bridgehead atoms. The number of carbonyl (C=O) groups excluding carboxylic acids is 1. The molecular formula is C24H28Cl2FN5O3S2. The van der Waals surface area contributed by atoms with Crippen LogP contribution >= 0.6 is 46.7 Å². The number of aromatic nitrogens is 2. The topological polar surface area (TPSA) is 98.7 Å². The van der Waals surface area contributed by atoms with E-state index in [0.717, 1.165) is 21.5 Å². The number of carboxylic acid groups (broad SMARTS) is 1. The number of hydrogen-bond acceptors (Lipinski definition) is 8. The Kier molecular flexibility index (Phi) is 9.87. The zero-order chi connectivity index (χ0) is 26.0. The van der Waals surface area contributed by atoms with E-state index >= 15 is 0 Å². The summed E-state index contributed by atoms with van der Waals surface area (Å²) in [7, 11) is 2.02. The molecule has 0 aromatic carbocycles. The molecular weight excluding hydrogens is 560 g/mol. The third kappa shape index (κ3) is 6.97. The van der Waals surface area contributed by atoms with Gasteiger partial charge in [-0.05, 0) is 45.9 Å². The standard InChI is InChI=1S/C24H27ClFN5O3S2.ClH/c1-13(2)30(3)11-19-20(18-9-16(25)12-35-18)28-24(36-19)29-22(32)15-8-17(26)21(27-10-15)31-6-4-14(5-7-31)23(33)34;/h8-10,12-14H,4-7,11H2,1-3H3,(H,33,34)(H,28,29,32);1H. The molecule has 1 fully saturated rings. The number of pyridine rings is 1. The van der Waals surface area contributed by atoms with E-state index < -0.39 is 23.6 Å². The van der Waals surface area contributed by atoms with Gasteiger partial charge in [-0.15, -0.1) is 23.7 Å². The number of carbonyl (C=O) groups is 2. The fourth-order valence-electron chi connectivity index (χ4n) is 3.85. The van der Waals surface area contributed by atoms with E-state index in [1.165, 1.54) is 28.9 Å². The van der Waals surface area contributed by atoms with Crippen molar-refractivity contribution >= 4 is 69.5 Å². The molecule has 8 nitrogen and oxygen atoms in total. The lowest BCUT2D eigenvalue weighted by molar-refractivity contribution is -0.142. The summed E-state index contributed by atoms with van der Waals surface area (Å²) in [5.74, 6) is -2.26. The van der Waals surface area contributed by atoms with Crippen LogP contribution in [0.2, 0.25) is 5.02 Å². The SMILES string of the molecule is CC(C)N(C)Cc1sc(NC(=O)c2cnc(N3CCC(C(=O)O)CC3)c(F)c2)nc1-c1cc(Cl)cs1.Cl. The van der Waals surface area contributed by atoms with E-state index in [-0.39, 0.29) is 23.8 Å². The second kappa shape index (κ2) is 12.5. The minimum absolute atomic E-state index is 0. The number of nitrogens with zero attached hydrogens (tertiary/aromatic N) is 4. The smallest absolute Gasteiger partial charge is 0.306 e. The summed E-state index contributed by atoms with van der Waals surface area (Å²) >= 11 is 8.99. The number of halogens is 3. The molecule has 2 N–H and O–H groups in total. The zero-order valence-corrected chi connectivity index (χ0v) is 23.7. The predicted octanol–water partition coefficient (Wildman–Crippen LogP) is 5.87. The van der Waals surface area contributed by atoms with Crippen molar-refractivity contribution in [2.75, 3.05) is 30.4 Å². The maximum Gasteiger partial charge on any atom is 0.306 e. The van der Waals surface area contributed by atoms with E-state index in [9.17, 15) is 14.0 Å². The van der Waals surface area contributed by atoms with Gasteiger partial charge in [-0.1, -0.05) is 22.9 Å². The van der Waals surface area contributed by atoms with Crippen molar-refractivity contribution in [1.29, 1.82) is 0 Å². The van der Waals surface area contributed by atoms with Crippen LogP contribution in [-0.2, 0) is 11.3 Å². The summed E-state index contributed by atoms with van der Waals surface area (Å²) in [5, 5.41) is 14.8. The average molecular weight is 589 g/mol. The highest BCUT2D eigenvalue weighted by atomic mass is 35.5. The number of carboxylic acids is 1. The lowest BCUT2D eigenvalue weighted by Gasteiger charge is -2.31. The number of rotatable bonds is 8. The van der Waals surface area contributed by atoms with Gasteiger partial charge in [0, 0.05) is 42.1 Å². The number of hydrogen-bond donors (Lipinski definition) is 2. The van der Waals surface area contributed by atoms with Crippen LogP contribution in [-0.4, -0.2) is 58.0 Å². The Morgan fingerprint density at radius 2 is 2.03 bits per heavy atom. The van der Waals surface area contributed by atoms with Crippen LogP contribution in [0.1, 0.15) is 41.9 Å². The molecule has 1 aliphatic heterocycles. The second-order valence-corrected chi connectivity index (χ2v) is 11.4. The molecule has 4 rings (SSSR count). The molecule has 37 heavy (non-hydrogen) atoms. The van der Waals surface area contributed by atoms with Crippen molar-refractivity contribution in [3.63, 3.8) is 0 Å². The van der Waals surface area contributed by atoms with Crippen LogP contribution < -0.4 is 10.2 Å². The Bertz CT molecular complexity index is 1260. The molecule has 0 aliphatic carbocycles. The molecule has 3 aromatic heterocycles. The molecule has 0 radical (unpaired) electrons. The lowest BCUT2D eigenvalue weighted by Crippen LogP contribution is -2.37. The van der Waals surface area contributed by atoms with Gasteiger partial charge in [0.05, 0.1) is 27.1 Å². The van der Waals surface area contributed by atoms with Crippen LogP contribution in [0, 0.1) is 11.7 Å². The highest BCUT2D eigenvalue weighted by molar-refractivity contribution is 7.17. The van der Waals surface area contributed by atoms with E-state index in [1.807, 2.05) is 18.5 Å². The van der Waals surface area contributed by atoms with E-state index in [4.69, 9.17) is 16.7 Å². The minimum atomic E-state index is -0.832. The van der Waals surface area contributed by atoms with Crippen LogP contribution in [0.3, 0.4) is 0 Å². The third-order valence-electron chi connectivity index (χ3n) is 6.22. The van der Waals surface area contributed by atoms with E-state index in [2.05, 4.69) is 34.0 Å². The molecule has 3 aromatic rings. The zero-order valence-electron chi connectivity index (χ0n) is 20.5. The Hall–Kier alpha value is -2.31. The van der Waals surface area contributed by atoms with Gasteiger partial charge in [0.1, 0.15) is 0 Å². The van der Waals surface area contributed by atoms with Crippen LogP contribution in [0.15, 0.2) is 23.7 Å². The average Bonchev–Trinajstić information content (AvgIpc) is 3.44. The number of thiophene rings is 1. The monoisotopic (exact) mass is 587 g/mol. The van der Waals surface area contributed by atoms with Crippen molar-refractivity contribution in [3.05, 3.63) is 45.0 Å². The first kappa shape index (κ1) is 29.2. The van der Waals surface area contributed by atoms with Crippen LogP contribution in [0.5, 0.6) is 0 Å². The Morgan fingerprint density at radius 1 is 1.32 bits per heavy atom. The van der Waals surface area contributed by atoms with Crippen molar-refractivity contribution in [1.82, 2.24) is 14.9 Å². The highest BCUT2D eigenvalue weighted by Crippen LogP contribution is 2.37. The van der Waals surface area contributed by atoms with Crippen LogP contribution in [0.4, 0.5) is 15.3 Å². The number of aliphatic carboxylic acids is 1. The van der Waals surface area contributed by atoms with Gasteiger partial charge in [-0.2, -0.15) is 0 Å². The molecule has 1 saturated heterocycles. The molecule has 0 atom stereocenters. The summed E-state index contributed by atoms with van der Waals surface area (Å²) in [5.41, 5.74) is 0.845. The number of nitrogens with one attached hydrogen (secondary N) is 1. The summed E-state index contributed by atoms with van der Waals surface area (Å²) in [6, 6.07) is 3.33. The highest BCUT2D eigenvalue weighted by Gasteiger charge is 2.27. The molecule has 0 spiro atoms. The Balaban J connectivity index is 0.00000380. The molecule has 13 heteroatoms. The van der Waals surface area contributed by atoms with Crippen molar-refractivity contribution in [2.45, 2.75) is 39.3 Å². The fraction of sp³-hybridized carbons (Fsp3) is 0.417. The molecule has 1 amide bonds. The summed E-state index contributed by atoms with van der Waals surface area (Å²) < 4.78 is 14.9. The Morgan fingerprint density at radius 3 is 2.59 bits per heavy atom. The molecule has 0 unspecified atom stereocenters. The van der Waals surface area contributed by atoms with Gasteiger partial charge in [0.25, 0.3) is 5.91 Å². The first-order valence-electron chi connectivity index (χ1n) is 11.5. The third-order valence-corrected chi connectivity index (χ3v) is 8.46. The van der Waals surface area contributed by atoms with Gasteiger partial charge < -0.3 is 10.0 Å². The number of thiazole rings is 1.